The molecule has 33 heavy (non-hydrogen) atoms. The summed E-state index contributed by atoms with van der Waals surface area (Å²) >= 11 is 0. The van der Waals surface area contributed by atoms with Gasteiger partial charge in [-0.3, -0.25) is 9.97 Å². The highest BCUT2D eigenvalue weighted by molar-refractivity contribution is 6.04. The van der Waals surface area contributed by atoms with Gasteiger partial charge in [0.15, 0.2) is 0 Å². The first-order valence-electron chi connectivity index (χ1n) is 11.3. The second-order valence-corrected chi connectivity index (χ2v) is 9.14. The van der Waals surface area contributed by atoms with Gasteiger partial charge in [0.25, 0.3) is 0 Å². The van der Waals surface area contributed by atoms with E-state index < -0.39 is 0 Å². The van der Waals surface area contributed by atoms with Crippen LogP contribution in [0.1, 0.15) is 48.7 Å². The molecule has 0 atom stereocenters. The number of hydrogen-bond donors (Lipinski definition) is 2. The fourth-order valence-corrected chi connectivity index (χ4v) is 4.45. The van der Waals surface area contributed by atoms with Gasteiger partial charge in [-0.15, -0.1) is 0 Å². The zero-order valence-electron chi connectivity index (χ0n) is 18.8. The lowest BCUT2D eigenvalue weighted by atomic mass is 9.83. The van der Waals surface area contributed by atoms with Gasteiger partial charge >= 0.3 is 5.97 Å². The van der Waals surface area contributed by atoms with Crippen molar-refractivity contribution in [2.75, 3.05) is 0 Å². The Hall–Kier alpha value is -3.58. The van der Waals surface area contributed by atoms with E-state index >= 15 is 0 Å². The Bertz CT molecular complexity index is 1320. The number of fused-ring (bicyclic) bond motifs is 1. The van der Waals surface area contributed by atoms with Crippen molar-refractivity contribution >= 4 is 16.9 Å². The number of ether oxygens (including phenoxy) is 1. The van der Waals surface area contributed by atoms with Crippen LogP contribution in [0.25, 0.3) is 33.5 Å². The van der Waals surface area contributed by atoms with Gasteiger partial charge < -0.3 is 15.5 Å². The molecular formula is C26H27N5O2. The minimum atomic E-state index is -0.326. The Morgan fingerprint density at radius 3 is 2.76 bits per heavy atom. The van der Waals surface area contributed by atoms with Crippen LogP contribution in [0.2, 0.25) is 0 Å². The fraction of sp³-hybridized carbons (Fsp3) is 0.308. The van der Waals surface area contributed by atoms with E-state index in [1.807, 2.05) is 43.3 Å². The first-order valence-corrected chi connectivity index (χ1v) is 11.3. The van der Waals surface area contributed by atoms with Crippen LogP contribution in [0, 0.1) is 6.92 Å². The number of esters is 1. The summed E-state index contributed by atoms with van der Waals surface area (Å²) in [6.45, 7) is 4.01. The molecule has 0 aliphatic heterocycles. The monoisotopic (exact) mass is 441 g/mol. The number of nitrogens with zero attached hydrogens (tertiary/aromatic N) is 3. The van der Waals surface area contributed by atoms with E-state index in [-0.39, 0.29) is 17.6 Å². The Morgan fingerprint density at radius 1 is 1.15 bits per heavy atom. The van der Waals surface area contributed by atoms with Gasteiger partial charge in [0.2, 0.25) is 0 Å². The Morgan fingerprint density at radius 2 is 1.97 bits per heavy atom. The van der Waals surface area contributed by atoms with Gasteiger partial charge in [-0.25, -0.2) is 9.78 Å². The zero-order chi connectivity index (χ0) is 23.0. The molecule has 168 valence electrons. The number of imidazole rings is 1. The topological polar surface area (TPSA) is 107 Å². The third-order valence-electron chi connectivity index (χ3n) is 6.37. The zero-order valence-corrected chi connectivity index (χ0v) is 18.8. The van der Waals surface area contributed by atoms with Gasteiger partial charge in [0.05, 0.1) is 34.5 Å². The van der Waals surface area contributed by atoms with Crippen molar-refractivity contribution in [3.8, 4) is 22.6 Å². The van der Waals surface area contributed by atoms with Crippen LogP contribution < -0.4 is 5.73 Å². The van der Waals surface area contributed by atoms with Crippen molar-refractivity contribution in [3.05, 3.63) is 66.2 Å². The third-order valence-corrected chi connectivity index (χ3v) is 6.37. The molecule has 0 bridgehead atoms. The van der Waals surface area contributed by atoms with Crippen molar-refractivity contribution < 1.29 is 9.53 Å². The van der Waals surface area contributed by atoms with E-state index in [9.17, 15) is 4.79 Å². The van der Waals surface area contributed by atoms with E-state index in [4.69, 9.17) is 10.5 Å². The van der Waals surface area contributed by atoms with Crippen molar-refractivity contribution in [3.63, 3.8) is 0 Å². The number of H-pyrrole nitrogens is 1. The number of carbonyl (C=O) groups excluding carboxylic acids is 1. The maximum Gasteiger partial charge on any atom is 0.339 e. The summed E-state index contributed by atoms with van der Waals surface area (Å²) in [6.07, 6.45) is 6.46. The summed E-state index contributed by atoms with van der Waals surface area (Å²) in [5, 5.41) is 0.741. The number of carbonyl (C=O) groups is 1. The minimum Gasteiger partial charge on any atom is -0.459 e. The minimum absolute atomic E-state index is 0.106. The molecule has 7 heteroatoms. The normalized spacial score (nSPS) is 20.6. The summed E-state index contributed by atoms with van der Waals surface area (Å²) in [6, 6.07) is 13.4. The number of nitrogens with two attached hydrogens (primary N) is 1. The molecule has 0 radical (unpaired) electrons. The second-order valence-electron chi connectivity index (χ2n) is 9.14. The molecule has 7 nitrogen and oxygen atoms in total. The predicted octanol–water partition coefficient (Wildman–Crippen LogP) is 4.81. The van der Waals surface area contributed by atoms with E-state index in [2.05, 4.69) is 26.9 Å². The Labute approximate surface area is 192 Å². The molecule has 0 amide bonds. The molecule has 1 aliphatic rings. The standard InChI is InChI=1S/C26H27N5O2/c1-16-4-3-5-22(31-16)24-23(29-15-30-24)17-6-7-21-20(14-17)19(10-13-28-21)25(32)33-18-8-11-26(2,27)12-9-18/h3-7,10,13-15,18H,8-9,11-12,27H2,1-2H3,(H,29,30)/t18-,26-. The number of aromatic amines is 1. The van der Waals surface area contributed by atoms with Crippen molar-refractivity contribution in [2.45, 2.75) is 51.2 Å². The smallest absolute Gasteiger partial charge is 0.339 e. The third kappa shape index (κ3) is 4.36. The number of aromatic nitrogens is 4. The van der Waals surface area contributed by atoms with Gasteiger partial charge in [-0.2, -0.15) is 0 Å². The van der Waals surface area contributed by atoms with Crippen LogP contribution in [0.5, 0.6) is 0 Å². The largest absolute Gasteiger partial charge is 0.459 e. The molecule has 5 rings (SSSR count). The lowest BCUT2D eigenvalue weighted by Crippen LogP contribution is -2.42. The number of aryl methyl sites for hydroxylation is 1. The SMILES string of the molecule is Cc1cccc(-c2[nH]cnc2-c2ccc3nccc(C(=O)O[C@H]4CC[C@](C)(N)CC4)c3c2)n1. The number of rotatable bonds is 4. The van der Waals surface area contributed by atoms with Crippen molar-refractivity contribution in [1.29, 1.82) is 0 Å². The van der Waals surface area contributed by atoms with Crippen molar-refractivity contribution in [1.82, 2.24) is 19.9 Å². The summed E-state index contributed by atoms with van der Waals surface area (Å²) < 4.78 is 5.86. The molecule has 4 aromatic rings. The highest BCUT2D eigenvalue weighted by Gasteiger charge is 2.30. The van der Waals surface area contributed by atoms with Crippen LogP contribution in [0.15, 0.2) is 55.0 Å². The quantitative estimate of drug-likeness (QED) is 0.440. The number of pyridine rings is 2. The van der Waals surface area contributed by atoms with Gasteiger partial charge in [-0.05, 0) is 69.9 Å². The molecule has 1 fully saturated rings. The molecule has 0 saturated heterocycles. The molecule has 3 heterocycles. The summed E-state index contributed by atoms with van der Waals surface area (Å²) in [4.78, 5) is 29.9. The van der Waals surface area contributed by atoms with Gasteiger partial charge in [-0.1, -0.05) is 12.1 Å². The van der Waals surface area contributed by atoms with Crippen molar-refractivity contribution in [2.24, 2.45) is 5.73 Å². The molecule has 0 spiro atoms. The number of hydrogen-bond acceptors (Lipinski definition) is 6. The van der Waals surface area contributed by atoms with E-state index in [0.717, 1.165) is 64.9 Å². The average molecular weight is 442 g/mol. The first-order chi connectivity index (χ1) is 15.9. The molecule has 0 unspecified atom stereocenters. The summed E-state index contributed by atoms with van der Waals surface area (Å²) in [5.41, 5.74) is 11.5. The molecule has 3 N–H and O–H groups in total. The van der Waals surface area contributed by atoms with E-state index in [1.54, 1.807) is 18.6 Å². The summed E-state index contributed by atoms with van der Waals surface area (Å²) in [5.74, 6) is -0.326. The maximum absolute atomic E-state index is 13.1. The average Bonchev–Trinajstić information content (AvgIpc) is 3.30. The predicted molar refractivity (Wildman–Crippen MR) is 128 cm³/mol. The highest BCUT2D eigenvalue weighted by atomic mass is 16.5. The highest BCUT2D eigenvalue weighted by Crippen LogP contribution is 2.32. The van der Waals surface area contributed by atoms with E-state index in [1.165, 1.54) is 0 Å². The van der Waals surface area contributed by atoms with Crippen LogP contribution >= 0.6 is 0 Å². The maximum atomic E-state index is 13.1. The number of nitrogens with one attached hydrogen (secondary N) is 1. The molecular weight excluding hydrogens is 414 g/mol. The van der Waals surface area contributed by atoms with Crippen LogP contribution in [-0.2, 0) is 4.74 Å². The van der Waals surface area contributed by atoms with E-state index in [0.29, 0.717) is 5.56 Å². The molecule has 1 aromatic carbocycles. The van der Waals surface area contributed by atoms with Crippen LogP contribution in [0.3, 0.4) is 0 Å². The molecule has 1 aliphatic carbocycles. The Kier molecular flexibility index (Phi) is 5.42. The van der Waals surface area contributed by atoms with Gasteiger partial charge in [0.1, 0.15) is 6.10 Å². The Balaban J connectivity index is 1.48. The van der Waals surface area contributed by atoms with Crippen LogP contribution in [-0.4, -0.2) is 37.5 Å². The summed E-state index contributed by atoms with van der Waals surface area (Å²) in [7, 11) is 0. The lowest BCUT2D eigenvalue weighted by molar-refractivity contribution is 0.0155. The fourth-order valence-electron chi connectivity index (χ4n) is 4.45. The first kappa shape index (κ1) is 21.3. The van der Waals surface area contributed by atoms with Gasteiger partial charge in [0, 0.05) is 28.4 Å². The molecule has 3 aromatic heterocycles. The molecule has 1 saturated carbocycles. The lowest BCUT2D eigenvalue weighted by Gasteiger charge is -2.33. The number of benzene rings is 1. The second kappa shape index (κ2) is 8.41. The van der Waals surface area contributed by atoms with Crippen LogP contribution in [0.4, 0.5) is 0 Å².